The van der Waals surface area contributed by atoms with Gasteiger partial charge in [0.25, 0.3) is 5.91 Å². The Kier molecular flexibility index (Phi) is 6.36. The van der Waals surface area contributed by atoms with E-state index in [1.807, 2.05) is 43.3 Å². The van der Waals surface area contributed by atoms with Gasteiger partial charge in [-0.15, -0.1) is 0 Å². The lowest BCUT2D eigenvalue weighted by Gasteiger charge is -2.29. The van der Waals surface area contributed by atoms with Crippen LogP contribution in [0.1, 0.15) is 21.5 Å². The SMILES string of the molecule is COc1cc2c(cc1OC)CN(C(=O)c1ccc(NCCN(C)C)nc1)CC2. The Hall–Kier alpha value is -2.80. The molecule has 2 heterocycles. The number of carbonyl (C=O) groups is 1. The van der Waals surface area contributed by atoms with Crippen LogP contribution in [-0.2, 0) is 13.0 Å². The number of aromatic nitrogens is 1. The van der Waals surface area contributed by atoms with Crippen LogP contribution in [0.3, 0.4) is 0 Å². The molecule has 3 rings (SSSR count). The summed E-state index contributed by atoms with van der Waals surface area (Å²) in [4.78, 5) is 21.2. The molecule has 1 aromatic carbocycles. The Morgan fingerprint density at radius 2 is 1.89 bits per heavy atom. The number of hydrogen-bond donors (Lipinski definition) is 1. The number of fused-ring (bicyclic) bond motifs is 1. The number of carbonyl (C=O) groups excluding carboxylic acids is 1. The molecule has 1 aliphatic heterocycles. The van der Waals surface area contributed by atoms with Gasteiger partial charge in [0.05, 0.1) is 19.8 Å². The number of anilines is 1. The molecule has 0 aliphatic carbocycles. The van der Waals surface area contributed by atoms with E-state index in [9.17, 15) is 4.79 Å². The second-order valence-electron chi connectivity index (χ2n) is 7.11. The summed E-state index contributed by atoms with van der Waals surface area (Å²) < 4.78 is 10.8. The van der Waals surface area contributed by atoms with E-state index in [0.717, 1.165) is 36.6 Å². The number of nitrogens with zero attached hydrogens (tertiary/aromatic N) is 3. The Labute approximate surface area is 166 Å². The van der Waals surface area contributed by atoms with E-state index in [0.29, 0.717) is 24.4 Å². The quantitative estimate of drug-likeness (QED) is 0.790. The first kappa shape index (κ1) is 19.9. The van der Waals surface area contributed by atoms with Gasteiger partial charge in [0.15, 0.2) is 11.5 Å². The van der Waals surface area contributed by atoms with E-state index < -0.39 is 0 Å². The van der Waals surface area contributed by atoms with Crippen LogP contribution in [0.15, 0.2) is 30.5 Å². The highest BCUT2D eigenvalue weighted by Gasteiger charge is 2.24. The van der Waals surface area contributed by atoms with Gasteiger partial charge in [-0.25, -0.2) is 4.98 Å². The number of pyridine rings is 1. The summed E-state index contributed by atoms with van der Waals surface area (Å²) in [5.74, 6) is 2.18. The van der Waals surface area contributed by atoms with Gasteiger partial charge in [0, 0.05) is 32.4 Å². The van der Waals surface area contributed by atoms with Crippen molar-refractivity contribution in [2.75, 3.05) is 53.3 Å². The summed E-state index contributed by atoms with van der Waals surface area (Å²) >= 11 is 0. The van der Waals surface area contributed by atoms with Gasteiger partial charge in [-0.3, -0.25) is 4.79 Å². The van der Waals surface area contributed by atoms with Crippen LogP contribution in [0.25, 0.3) is 0 Å². The molecule has 1 aliphatic rings. The molecule has 0 saturated heterocycles. The number of rotatable bonds is 7. The van der Waals surface area contributed by atoms with Crippen molar-refractivity contribution in [3.05, 3.63) is 47.2 Å². The smallest absolute Gasteiger partial charge is 0.255 e. The monoisotopic (exact) mass is 384 g/mol. The fraction of sp³-hybridized carbons (Fsp3) is 0.429. The Morgan fingerprint density at radius 1 is 1.18 bits per heavy atom. The maximum absolute atomic E-state index is 12.9. The highest BCUT2D eigenvalue weighted by molar-refractivity contribution is 5.94. The third-order valence-corrected chi connectivity index (χ3v) is 4.88. The third kappa shape index (κ3) is 4.54. The first-order valence-electron chi connectivity index (χ1n) is 9.39. The van der Waals surface area contributed by atoms with Crippen LogP contribution in [0.5, 0.6) is 11.5 Å². The first-order valence-corrected chi connectivity index (χ1v) is 9.39. The summed E-state index contributed by atoms with van der Waals surface area (Å²) in [5.41, 5.74) is 2.88. The zero-order valence-electron chi connectivity index (χ0n) is 17.0. The average molecular weight is 384 g/mol. The van der Waals surface area contributed by atoms with Crippen molar-refractivity contribution >= 4 is 11.7 Å². The van der Waals surface area contributed by atoms with Crippen LogP contribution in [0.4, 0.5) is 5.82 Å². The normalized spacial score (nSPS) is 13.2. The molecule has 0 fully saturated rings. The minimum atomic E-state index is -0.00669. The maximum Gasteiger partial charge on any atom is 0.255 e. The zero-order valence-corrected chi connectivity index (χ0v) is 17.0. The molecular weight excluding hydrogens is 356 g/mol. The number of amides is 1. The van der Waals surface area contributed by atoms with Crippen molar-refractivity contribution in [2.45, 2.75) is 13.0 Å². The van der Waals surface area contributed by atoms with Crippen molar-refractivity contribution in [1.29, 1.82) is 0 Å². The van der Waals surface area contributed by atoms with E-state index in [-0.39, 0.29) is 5.91 Å². The number of benzene rings is 1. The van der Waals surface area contributed by atoms with Gasteiger partial charge < -0.3 is 24.6 Å². The zero-order chi connectivity index (χ0) is 20.1. The predicted octanol–water partition coefficient (Wildman–Crippen LogP) is 2.27. The van der Waals surface area contributed by atoms with E-state index in [2.05, 4.69) is 15.2 Å². The lowest BCUT2D eigenvalue weighted by Crippen LogP contribution is -2.36. The standard InChI is InChI=1S/C21H28N4O3/c1-24(2)10-8-22-20-6-5-16(13-23-20)21(26)25-9-7-15-11-18(27-3)19(28-4)12-17(15)14-25/h5-6,11-13H,7-10,14H2,1-4H3,(H,22,23). The first-order chi connectivity index (χ1) is 13.5. The van der Waals surface area contributed by atoms with Crippen LogP contribution in [0.2, 0.25) is 0 Å². The molecule has 1 aromatic heterocycles. The molecule has 0 saturated carbocycles. The summed E-state index contributed by atoms with van der Waals surface area (Å²) in [6, 6.07) is 7.65. The van der Waals surface area contributed by atoms with Crippen molar-refractivity contribution < 1.29 is 14.3 Å². The van der Waals surface area contributed by atoms with E-state index >= 15 is 0 Å². The van der Waals surface area contributed by atoms with Crippen molar-refractivity contribution in [3.63, 3.8) is 0 Å². The van der Waals surface area contributed by atoms with Crippen LogP contribution < -0.4 is 14.8 Å². The maximum atomic E-state index is 12.9. The Morgan fingerprint density at radius 3 is 2.50 bits per heavy atom. The lowest BCUT2D eigenvalue weighted by atomic mass is 9.98. The predicted molar refractivity (Wildman–Crippen MR) is 109 cm³/mol. The molecule has 150 valence electrons. The van der Waals surface area contributed by atoms with Crippen molar-refractivity contribution in [1.82, 2.24) is 14.8 Å². The largest absolute Gasteiger partial charge is 0.493 e. The number of nitrogens with one attached hydrogen (secondary N) is 1. The molecule has 0 spiro atoms. The summed E-state index contributed by atoms with van der Waals surface area (Å²) in [7, 11) is 7.31. The summed E-state index contributed by atoms with van der Waals surface area (Å²) in [5, 5.41) is 3.25. The molecule has 1 amide bonds. The van der Waals surface area contributed by atoms with Gasteiger partial charge in [0.2, 0.25) is 0 Å². The lowest BCUT2D eigenvalue weighted by molar-refractivity contribution is 0.0734. The number of methoxy groups -OCH3 is 2. The molecular formula is C21H28N4O3. The molecule has 28 heavy (non-hydrogen) atoms. The van der Waals surface area contributed by atoms with E-state index in [4.69, 9.17) is 9.47 Å². The van der Waals surface area contributed by atoms with Crippen LogP contribution in [0, 0.1) is 0 Å². The fourth-order valence-corrected chi connectivity index (χ4v) is 3.27. The van der Waals surface area contributed by atoms with Gasteiger partial charge in [-0.05, 0) is 55.9 Å². The summed E-state index contributed by atoms with van der Waals surface area (Å²) in [6.07, 6.45) is 2.43. The highest BCUT2D eigenvalue weighted by atomic mass is 16.5. The van der Waals surface area contributed by atoms with Crippen LogP contribution >= 0.6 is 0 Å². The topological polar surface area (TPSA) is 66.9 Å². The van der Waals surface area contributed by atoms with Gasteiger partial charge in [0.1, 0.15) is 5.82 Å². The third-order valence-electron chi connectivity index (χ3n) is 4.88. The second kappa shape index (κ2) is 8.93. The number of likely N-dealkylation sites (N-methyl/N-ethyl adjacent to an activating group) is 1. The highest BCUT2D eigenvalue weighted by Crippen LogP contribution is 2.33. The number of ether oxygens (including phenoxy) is 2. The molecule has 0 unspecified atom stereocenters. The van der Waals surface area contributed by atoms with Crippen molar-refractivity contribution in [2.24, 2.45) is 0 Å². The Balaban J connectivity index is 1.67. The summed E-state index contributed by atoms with van der Waals surface area (Å²) in [6.45, 7) is 2.95. The van der Waals surface area contributed by atoms with Gasteiger partial charge in [-0.1, -0.05) is 0 Å². The minimum Gasteiger partial charge on any atom is -0.493 e. The molecule has 0 radical (unpaired) electrons. The molecule has 0 bridgehead atoms. The van der Waals surface area contributed by atoms with Crippen LogP contribution in [-0.4, -0.2) is 68.6 Å². The van der Waals surface area contributed by atoms with E-state index in [1.165, 1.54) is 5.56 Å². The molecule has 7 nitrogen and oxygen atoms in total. The van der Waals surface area contributed by atoms with Crippen molar-refractivity contribution in [3.8, 4) is 11.5 Å². The molecule has 7 heteroatoms. The fourth-order valence-electron chi connectivity index (χ4n) is 3.27. The number of hydrogen-bond acceptors (Lipinski definition) is 6. The minimum absolute atomic E-state index is 0.00669. The second-order valence-corrected chi connectivity index (χ2v) is 7.11. The molecule has 1 N–H and O–H groups in total. The van der Waals surface area contributed by atoms with Gasteiger partial charge in [-0.2, -0.15) is 0 Å². The Bertz CT molecular complexity index is 821. The average Bonchev–Trinajstić information content (AvgIpc) is 2.72. The van der Waals surface area contributed by atoms with E-state index in [1.54, 1.807) is 20.4 Å². The molecule has 0 atom stereocenters. The van der Waals surface area contributed by atoms with Gasteiger partial charge >= 0.3 is 0 Å². The molecule has 2 aromatic rings.